The van der Waals surface area contributed by atoms with Crippen molar-refractivity contribution in [2.45, 2.75) is 0 Å². The number of nitrogens with zero attached hydrogens (tertiary/aromatic N) is 3. The van der Waals surface area contributed by atoms with Crippen LogP contribution in [0.25, 0.3) is 32.3 Å². The van der Waals surface area contributed by atoms with Gasteiger partial charge in [0.05, 0.1) is 16.3 Å². The number of hydrogen-bond acceptors (Lipinski definition) is 4. The van der Waals surface area contributed by atoms with Gasteiger partial charge in [-0.15, -0.1) is 0 Å². The van der Waals surface area contributed by atoms with Crippen LogP contribution < -0.4 is 21.0 Å². The summed E-state index contributed by atoms with van der Waals surface area (Å²) in [5.41, 5.74) is 7.61. The van der Waals surface area contributed by atoms with Crippen LogP contribution in [-0.4, -0.2) is 4.98 Å². The van der Waals surface area contributed by atoms with Gasteiger partial charge in [0.1, 0.15) is 17.2 Å². The van der Waals surface area contributed by atoms with E-state index in [0.717, 1.165) is 37.7 Å². The topological polar surface area (TPSA) is 108 Å². The van der Waals surface area contributed by atoms with Gasteiger partial charge < -0.3 is 10.7 Å². The van der Waals surface area contributed by atoms with E-state index in [1.165, 1.54) is 0 Å². The average molecular weight is 387 g/mol. The predicted octanol–water partition coefficient (Wildman–Crippen LogP) is 3.04. The Morgan fingerprint density at radius 3 is 2.30 bits per heavy atom. The fraction of sp³-hybridized carbons (Fsp3) is 0. The molecule has 6 heteroatoms. The second-order valence-electron chi connectivity index (χ2n) is 7.29. The van der Waals surface area contributed by atoms with E-state index in [-0.39, 0.29) is 0 Å². The molecule has 0 saturated heterocycles. The zero-order valence-electron chi connectivity index (χ0n) is 15.8. The van der Waals surface area contributed by atoms with Crippen molar-refractivity contribution in [2.24, 2.45) is 4.99 Å². The van der Waals surface area contributed by atoms with Crippen molar-refractivity contribution < 1.29 is 4.24 Å². The Morgan fingerprint density at radius 2 is 1.53 bits per heavy atom. The first-order valence-electron chi connectivity index (χ1n) is 9.53. The highest BCUT2D eigenvalue weighted by atomic mass is 15.0. The van der Waals surface area contributed by atoms with Crippen molar-refractivity contribution in [3.05, 3.63) is 88.6 Å². The van der Waals surface area contributed by atoms with E-state index < -0.39 is 0 Å². The highest BCUT2D eigenvalue weighted by molar-refractivity contribution is 6.00. The minimum Gasteiger partial charge on any atom is -0.385 e. The number of nitrogen functional groups attached to an aromatic ring is 1. The summed E-state index contributed by atoms with van der Waals surface area (Å²) in [6.45, 7) is 0. The third kappa shape index (κ3) is 1.98. The van der Waals surface area contributed by atoms with Gasteiger partial charge in [-0.3, -0.25) is 0 Å². The quantitative estimate of drug-likeness (QED) is 0.377. The molecule has 4 N–H and O–H groups in total. The van der Waals surface area contributed by atoms with Gasteiger partial charge in [0.15, 0.2) is 0 Å². The number of nitriles is 1. The van der Waals surface area contributed by atoms with Crippen molar-refractivity contribution >= 4 is 44.0 Å². The summed E-state index contributed by atoms with van der Waals surface area (Å²) < 4.78 is 1.84. The molecule has 0 unspecified atom stereocenters. The van der Waals surface area contributed by atoms with Crippen LogP contribution in [0.5, 0.6) is 0 Å². The largest absolute Gasteiger partial charge is 0.385 e. The lowest BCUT2D eigenvalue weighted by atomic mass is 10.1. The Bertz CT molecular complexity index is 1840. The van der Waals surface area contributed by atoms with Crippen molar-refractivity contribution in [1.82, 2.24) is 4.98 Å². The molecule has 0 saturated carbocycles. The van der Waals surface area contributed by atoms with Gasteiger partial charge >= 0.3 is 0 Å². The normalized spacial score (nSPS) is 12.4. The summed E-state index contributed by atoms with van der Waals surface area (Å²) in [6, 6.07) is 23.5. The summed E-state index contributed by atoms with van der Waals surface area (Å²) in [5, 5.41) is 24.8. The minimum atomic E-state index is 0.350. The van der Waals surface area contributed by atoms with E-state index in [0.29, 0.717) is 28.2 Å². The number of nitrogens with one attached hydrogen (secondary N) is 2. The van der Waals surface area contributed by atoms with Crippen LogP contribution in [0.3, 0.4) is 0 Å². The molecule has 2 aliphatic heterocycles. The van der Waals surface area contributed by atoms with E-state index in [1.807, 2.05) is 64.9 Å². The van der Waals surface area contributed by atoms with Gasteiger partial charge in [-0.1, -0.05) is 53.5 Å². The molecule has 4 aromatic rings. The van der Waals surface area contributed by atoms with Gasteiger partial charge in [-0.25, -0.2) is 0 Å². The molecular weight excluding hydrogens is 372 g/mol. The zero-order chi connectivity index (χ0) is 20.4. The van der Waals surface area contributed by atoms with E-state index in [9.17, 15) is 5.26 Å². The van der Waals surface area contributed by atoms with E-state index >= 15 is 0 Å². The number of H-pyrrole nitrogens is 1. The number of aromatic nitrogens is 2. The standard InChI is InChI=1S/C24H14N6/c25-12-13-6-5-11-18-19(13)24(29-23-17-10-4-2-8-15(17)21(26)28-23)30-20(18)14-7-1-3-9-16(14)22(30)27/h1-11H,(H3,26,27,28,29)/p+1. The summed E-state index contributed by atoms with van der Waals surface area (Å²) in [7, 11) is 0. The Hall–Kier alpha value is -4.50. The number of anilines is 1. The number of nitrogens with two attached hydrogens (primary N) is 1. The molecular formula is C24H15N6+. The van der Waals surface area contributed by atoms with E-state index in [4.69, 9.17) is 16.1 Å². The number of hydrogen-bond donors (Lipinski definition) is 3. The minimum absolute atomic E-state index is 0.350. The summed E-state index contributed by atoms with van der Waals surface area (Å²) >= 11 is 0. The number of aromatic amines is 1. The molecule has 140 valence electrons. The van der Waals surface area contributed by atoms with Crippen molar-refractivity contribution in [3.63, 3.8) is 0 Å². The molecule has 0 aliphatic carbocycles. The first kappa shape index (κ1) is 16.5. The molecule has 6 rings (SSSR count). The molecule has 0 bridgehead atoms. The van der Waals surface area contributed by atoms with E-state index in [1.54, 1.807) is 6.07 Å². The highest BCUT2D eigenvalue weighted by Gasteiger charge is 2.21. The van der Waals surface area contributed by atoms with E-state index in [2.05, 4.69) is 11.1 Å². The predicted molar refractivity (Wildman–Crippen MR) is 114 cm³/mol. The number of fused-ring (bicyclic) bond motifs is 5. The first-order valence-corrected chi connectivity index (χ1v) is 9.53. The molecule has 0 atom stereocenters. The van der Waals surface area contributed by atoms with Gasteiger partial charge in [0, 0.05) is 21.5 Å². The second kappa shape index (κ2) is 5.75. The van der Waals surface area contributed by atoms with Crippen LogP contribution >= 0.6 is 0 Å². The third-order valence-electron chi connectivity index (χ3n) is 5.70. The molecule has 3 aromatic carbocycles. The van der Waals surface area contributed by atoms with Crippen molar-refractivity contribution in [3.8, 4) is 6.07 Å². The Morgan fingerprint density at radius 1 is 0.867 bits per heavy atom. The first-order chi connectivity index (χ1) is 14.7. The maximum absolute atomic E-state index is 9.77. The van der Waals surface area contributed by atoms with Gasteiger partial charge in [-0.05, 0) is 18.2 Å². The molecule has 1 aromatic heterocycles. The lowest BCUT2D eigenvalue weighted by molar-refractivity contribution is -0.538. The maximum atomic E-state index is 9.77. The zero-order valence-corrected chi connectivity index (χ0v) is 15.8. The molecule has 30 heavy (non-hydrogen) atoms. The summed E-state index contributed by atoms with van der Waals surface area (Å²) in [6.07, 6.45) is 0. The number of rotatable bonds is 1. The smallest absolute Gasteiger partial charge is 0.279 e. The SMILES string of the molecule is N#Cc1cccc2c3c4ccccc4c(=N)[n+]=3/c(=N\c3[nH]c(N)c4ccccc34)c12. The lowest BCUT2D eigenvalue weighted by Crippen LogP contribution is -2.46. The lowest BCUT2D eigenvalue weighted by Gasteiger charge is -1.92. The second-order valence-corrected chi connectivity index (χ2v) is 7.29. The van der Waals surface area contributed by atoms with Crippen LogP contribution in [-0.2, 0) is 0 Å². The summed E-state index contributed by atoms with van der Waals surface area (Å²) in [5.74, 6) is 1.16. The van der Waals surface area contributed by atoms with Crippen molar-refractivity contribution in [2.75, 3.05) is 5.73 Å². The molecule has 0 amide bonds. The number of benzene rings is 3. The highest BCUT2D eigenvalue weighted by Crippen LogP contribution is 2.30. The summed E-state index contributed by atoms with van der Waals surface area (Å²) in [4.78, 5) is 8.09. The fourth-order valence-electron chi connectivity index (χ4n) is 4.41. The molecule has 2 aliphatic rings. The Balaban J connectivity index is 1.93. The van der Waals surface area contributed by atoms with Crippen LogP contribution in [0.15, 0.2) is 71.7 Å². The molecule has 0 fully saturated rings. The molecule has 0 spiro atoms. The van der Waals surface area contributed by atoms with Crippen LogP contribution in [0.1, 0.15) is 5.56 Å². The van der Waals surface area contributed by atoms with Gasteiger partial charge in [0.25, 0.3) is 11.0 Å². The van der Waals surface area contributed by atoms with Gasteiger partial charge in [0.2, 0.25) is 5.82 Å². The Labute approximate surface area is 169 Å². The molecule has 0 radical (unpaired) electrons. The average Bonchev–Trinajstić information content (AvgIpc) is 3.38. The monoisotopic (exact) mass is 387 g/mol. The third-order valence-corrected chi connectivity index (χ3v) is 5.70. The maximum Gasteiger partial charge on any atom is 0.279 e. The Kier molecular flexibility index (Phi) is 3.15. The van der Waals surface area contributed by atoms with Crippen molar-refractivity contribution in [1.29, 1.82) is 10.7 Å². The molecule has 6 nitrogen and oxygen atoms in total. The van der Waals surface area contributed by atoms with Crippen LogP contribution in [0.2, 0.25) is 0 Å². The molecule has 3 heterocycles. The van der Waals surface area contributed by atoms with Crippen LogP contribution in [0, 0.1) is 22.1 Å². The van der Waals surface area contributed by atoms with Gasteiger partial charge in [-0.2, -0.15) is 14.9 Å². The fourth-order valence-corrected chi connectivity index (χ4v) is 4.41. The van der Waals surface area contributed by atoms with Crippen LogP contribution in [0.4, 0.5) is 11.6 Å².